The summed E-state index contributed by atoms with van der Waals surface area (Å²) < 4.78 is 6.42. The summed E-state index contributed by atoms with van der Waals surface area (Å²) in [7, 11) is 0. The highest BCUT2D eigenvalue weighted by Crippen LogP contribution is 2.24. The largest absolute Gasteiger partial charge is 0.445 e. The summed E-state index contributed by atoms with van der Waals surface area (Å²) >= 11 is 3.53. The molecule has 2 aromatic rings. The van der Waals surface area contributed by atoms with E-state index < -0.39 is 0 Å². The van der Waals surface area contributed by atoms with Crippen LogP contribution in [0.2, 0.25) is 0 Å². The van der Waals surface area contributed by atoms with Gasteiger partial charge in [-0.2, -0.15) is 0 Å². The minimum absolute atomic E-state index is 0.286. The van der Waals surface area contributed by atoms with E-state index >= 15 is 0 Å². The molecule has 0 radical (unpaired) electrons. The molecule has 21 heavy (non-hydrogen) atoms. The van der Waals surface area contributed by atoms with Crippen molar-refractivity contribution in [1.82, 2.24) is 9.88 Å². The van der Waals surface area contributed by atoms with Gasteiger partial charge in [-0.1, -0.05) is 46.3 Å². The molecule has 0 saturated carbocycles. The first kappa shape index (κ1) is 14.1. The van der Waals surface area contributed by atoms with Crippen molar-refractivity contribution in [1.29, 1.82) is 0 Å². The van der Waals surface area contributed by atoms with Crippen molar-refractivity contribution in [2.45, 2.75) is 19.6 Å². The molecule has 1 amide bonds. The predicted octanol–water partition coefficient (Wildman–Crippen LogP) is 3.54. The average Bonchev–Trinajstić information content (AvgIpc) is 2.53. The number of halogens is 1. The van der Waals surface area contributed by atoms with E-state index in [9.17, 15) is 4.79 Å². The monoisotopic (exact) mass is 346 g/mol. The summed E-state index contributed by atoms with van der Waals surface area (Å²) in [6.07, 6.45) is 2.26. The third kappa shape index (κ3) is 3.24. The van der Waals surface area contributed by atoms with E-state index in [-0.39, 0.29) is 6.09 Å². The summed E-state index contributed by atoms with van der Waals surface area (Å²) in [6.45, 7) is 1.46. The predicted molar refractivity (Wildman–Crippen MR) is 82.7 cm³/mol. The Hall–Kier alpha value is -1.88. The van der Waals surface area contributed by atoms with Crippen LogP contribution < -0.4 is 0 Å². The number of benzene rings is 1. The van der Waals surface area contributed by atoms with Gasteiger partial charge in [0.05, 0.1) is 12.2 Å². The van der Waals surface area contributed by atoms with Gasteiger partial charge in [0.2, 0.25) is 0 Å². The lowest BCUT2D eigenvalue weighted by Crippen LogP contribution is -2.36. The van der Waals surface area contributed by atoms with Crippen molar-refractivity contribution >= 4 is 22.0 Å². The van der Waals surface area contributed by atoms with Crippen molar-refractivity contribution in [2.24, 2.45) is 0 Å². The molecule has 3 rings (SSSR count). The molecule has 1 aliphatic heterocycles. The Labute approximate surface area is 131 Å². The van der Waals surface area contributed by atoms with Crippen LogP contribution in [0.4, 0.5) is 4.79 Å². The lowest BCUT2D eigenvalue weighted by atomic mass is 10.1. The Morgan fingerprint density at radius 3 is 2.90 bits per heavy atom. The molecule has 0 fully saturated rings. The molecule has 0 spiro atoms. The second-order valence-corrected chi connectivity index (χ2v) is 5.78. The first-order chi connectivity index (χ1) is 10.2. The summed E-state index contributed by atoms with van der Waals surface area (Å²) in [4.78, 5) is 18.2. The number of carbonyl (C=O) groups excluding carboxylic acids is 1. The quantitative estimate of drug-likeness (QED) is 0.835. The van der Waals surface area contributed by atoms with Gasteiger partial charge in [0.15, 0.2) is 0 Å². The maximum absolute atomic E-state index is 12.1. The van der Waals surface area contributed by atoms with Crippen LogP contribution >= 0.6 is 15.9 Å². The number of hydrogen-bond acceptors (Lipinski definition) is 3. The molecule has 108 valence electrons. The van der Waals surface area contributed by atoms with E-state index in [1.165, 1.54) is 5.56 Å². The lowest BCUT2D eigenvalue weighted by molar-refractivity contribution is 0.0912. The Morgan fingerprint density at radius 2 is 2.10 bits per heavy atom. The zero-order valence-corrected chi connectivity index (χ0v) is 13.0. The number of nitrogens with zero attached hydrogens (tertiary/aromatic N) is 2. The van der Waals surface area contributed by atoms with Crippen molar-refractivity contribution in [2.75, 3.05) is 6.54 Å². The number of ether oxygens (including phenoxy) is 1. The molecule has 1 aromatic heterocycles. The molecular formula is C16H15BrN2O2. The highest BCUT2D eigenvalue weighted by Gasteiger charge is 2.23. The van der Waals surface area contributed by atoms with Crippen LogP contribution in [0.5, 0.6) is 0 Å². The van der Waals surface area contributed by atoms with E-state index in [1.807, 2.05) is 36.4 Å². The van der Waals surface area contributed by atoms with Gasteiger partial charge < -0.3 is 9.64 Å². The number of pyridine rings is 1. The number of fused-ring (bicyclic) bond motifs is 1. The minimum Gasteiger partial charge on any atom is -0.445 e. The van der Waals surface area contributed by atoms with Gasteiger partial charge in [-0.3, -0.25) is 4.98 Å². The summed E-state index contributed by atoms with van der Waals surface area (Å²) in [5.74, 6) is 0. The normalized spacial score (nSPS) is 13.7. The molecule has 0 aliphatic carbocycles. The van der Waals surface area contributed by atoms with Gasteiger partial charge in [-0.25, -0.2) is 4.79 Å². The molecule has 1 aromatic carbocycles. The first-order valence-corrected chi connectivity index (χ1v) is 7.61. The molecule has 2 heterocycles. The zero-order chi connectivity index (χ0) is 14.7. The van der Waals surface area contributed by atoms with Crippen LogP contribution in [0.25, 0.3) is 0 Å². The summed E-state index contributed by atoms with van der Waals surface area (Å²) in [6, 6.07) is 11.6. The molecular weight excluding hydrogens is 332 g/mol. The third-order valence-corrected chi connectivity index (χ3v) is 4.27. The molecule has 1 aliphatic rings. The summed E-state index contributed by atoms with van der Waals surface area (Å²) in [5, 5.41) is 0. The average molecular weight is 347 g/mol. The topological polar surface area (TPSA) is 42.4 Å². The van der Waals surface area contributed by atoms with E-state index in [0.29, 0.717) is 19.7 Å². The van der Waals surface area contributed by atoms with E-state index in [2.05, 4.69) is 20.9 Å². The maximum Gasteiger partial charge on any atom is 0.410 e. The van der Waals surface area contributed by atoms with Gasteiger partial charge in [0, 0.05) is 17.2 Å². The van der Waals surface area contributed by atoms with E-state index in [0.717, 1.165) is 22.2 Å². The standard InChI is InChI=1S/C16H15BrN2O2/c17-14-6-8-18-15-10-19(9-7-13(14)15)16(20)21-11-12-4-2-1-3-5-12/h1-6,8H,7,9-11H2. The number of aromatic nitrogens is 1. The van der Waals surface area contributed by atoms with Crippen LogP contribution in [0, 0.1) is 0 Å². The molecule has 5 heteroatoms. The smallest absolute Gasteiger partial charge is 0.410 e. The van der Waals surface area contributed by atoms with Gasteiger partial charge in [0.1, 0.15) is 6.61 Å². The zero-order valence-electron chi connectivity index (χ0n) is 11.5. The van der Waals surface area contributed by atoms with Crippen LogP contribution in [0.15, 0.2) is 47.1 Å². The number of carbonyl (C=O) groups is 1. The van der Waals surface area contributed by atoms with Crippen molar-refractivity contribution in [3.05, 3.63) is 63.9 Å². The van der Waals surface area contributed by atoms with Gasteiger partial charge in [0.25, 0.3) is 0 Å². The molecule has 0 atom stereocenters. The van der Waals surface area contributed by atoms with Crippen molar-refractivity contribution in [3.8, 4) is 0 Å². The number of rotatable bonds is 2. The molecule has 0 saturated heterocycles. The van der Waals surface area contributed by atoms with Crippen LogP contribution in [-0.4, -0.2) is 22.5 Å². The molecule has 0 N–H and O–H groups in total. The fraction of sp³-hybridized carbons (Fsp3) is 0.250. The van der Waals surface area contributed by atoms with E-state index in [1.54, 1.807) is 11.1 Å². The van der Waals surface area contributed by atoms with E-state index in [4.69, 9.17) is 4.74 Å². The van der Waals surface area contributed by atoms with Crippen LogP contribution in [0.3, 0.4) is 0 Å². The van der Waals surface area contributed by atoms with Gasteiger partial charge >= 0.3 is 6.09 Å². The Kier molecular flexibility index (Phi) is 4.20. The third-order valence-electron chi connectivity index (χ3n) is 3.52. The number of amides is 1. The van der Waals surface area contributed by atoms with Crippen LogP contribution in [0.1, 0.15) is 16.8 Å². The van der Waals surface area contributed by atoms with Crippen LogP contribution in [-0.2, 0) is 24.3 Å². The highest BCUT2D eigenvalue weighted by molar-refractivity contribution is 9.10. The van der Waals surface area contributed by atoms with Gasteiger partial charge in [-0.05, 0) is 23.6 Å². The Balaban J connectivity index is 1.62. The fourth-order valence-corrected chi connectivity index (χ4v) is 2.93. The summed E-state index contributed by atoms with van der Waals surface area (Å²) in [5.41, 5.74) is 3.11. The minimum atomic E-state index is -0.286. The Bertz CT molecular complexity index is 646. The highest BCUT2D eigenvalue weighted by atomic mass is 79.9. The maximum atomic E-state index is 12.1. The van der Waals surface area contributed by atoms with Crippen molar-refractivity contribution < 1.29 is 9.53 Å². The molecule has 4 nitrogen and oxygen atoms in total. The van der Waals surface area contributed by atoms with Gasteiger partial charge in [-0.15, -0.1) is 0 Å². The number of hydrogen-bond donors (Lipinski definition) is 0. The molecule has 0 unspecified atom stereocenters. The fourth-order valence-electron chi connectivity index (χ4n) is 2.38. The SMILES string of the molecule is O=C(OCc1ccccc1)N1CCc2c(Br)ccnc2C1. The Morgan fingerprint density at radius 1 is 1.29 bits per heavy atom. The van der Waals surface area contributed by atoms with Crippen molar-refractivity contribution in [3.63, 3.8) is 0 Å². The molecule has 0 bridgehead atoms. The lowest BCUT2D eigenvalue weighted by Gasteiger charge is -2.27. The second-order valence-electron chi connectivity index (χ2n) is 4.93. The second kappa shape index (κ2) is 6.26. The first-order valence-electron chi connectivity index (χ1n) is 6.82.